The summed E-state index contributed by atoms with van der Waals surface area (Å²) in [5.41, 5.74) is 1.92. The number of hydrogen-bond acceptors (Lipinski definition) is 4. The van der Waals surface area contributed by atoms with Crippen LogP contribution in [0.5, 0.6) is 5.75 Å². The van der Waals surface area contributed by atoms with Crippen LogP contribution in [0.2, 0.25) is 0 Å². The summed E-state index contributed by atoms with van der Waals surface area (Å²) in [6.45, 7) is 9.69. The number of piperidine rings is 3. The number of rotatable bonds is 7. The van der Waals surface area contributed by atoms with E-state index in [0.717, 1.165) is 66.6 Å². The Morgan fingerprint density at radius 1 is 1.29 bits per heavy atom. The molecule has 0 spiro atoms. The first-order chi connectivity index (χ1) is 13.6. The molecular formula is C24H34N2O2. The Labute approximate surface area is 168 Å². The Kier molecular flexibility index (Phi) is 5.88. The smallest absolute Gasteiger partial charge is 0.120 e. The van der Waals surface area contributed by atoms with Crippen molar-refractivity contribution in [1.82, 2.24) is 9.88 Å². The lowest BCUT2D eigenvalue weighted by molar-refractivity contribution is -0.0562. The first-order valence-corrected chi connectivity index (χ1v) is 11.0. The number of hydrogen-bond donors (Lipinski definition) is 1. The molecule has 0 amide bonds. The second kappa shape index (κ2) is 8.38. The quantitative estimate of drug-likeness (QED) is 0.746. The van der Waals surface area contributed by atoms with Crippen LogP contribution in [-0.4, -0.2) is 40.7 Å². The molecule has 4 heteroatoms. The number of nitrogens with zero attached hydrogens (tertiary/aromatic N) is 2. The minimum atomic E-state index is -0.475. The van der Waals surface area contributed by atoms with Gasteiger partial charge in [0.15, 0.2) is 0 Å². The molecule has 1 aromatic heterocycles. The Morgan fingerprint density at radius 2 is 2.14 bits per heavy atom. The topological polar surface area (TPSA) is 45.6 Å². The average Bonchev–Trinajstić information content (AvgIpc) is 2.72. The predicted octanol–water partition coefficient (Wildman–Crippen LogP) is 4.81. The molecule has 4 heterocycles. The van der Waals surface area contributed by atoms with Crippen molar-refractivity contribution < 1.29 is 9.84 Å². The van der Waals surface area contributed by atoms with Gasteiger partial charge in [0.05, 0.1) is 18.2 Å². The summed E-state index contributed by atoms with van der Waals surface area (Å²) in [6.07, 6.45) is 6.03. The Morgan fingerprint density at radius 3 is 2.86 bits per heavy atom. The standard InChI is InChI=1S/C24H34N2O2/c1-4-17-15-26-11-8-18(17)13-23(26)24(27)20-7-10-25-22-6-5-19(14-21(20)22)28-12-9-16(2)3/h5-7,10,14,16-18,23-24,27H,4,8-9,11-13,15H2,1-3H3/t17-,18-,23+,24+/m0/s1. The molecule has 1 unspecified atom stereocenters. The number of ether oxygens (including phenoxy) is 1. The van der Waals surface area contributed by atoms with Crippen molar-refractivity contribution in [3.05, 3.63) is 36.0 Å². The van der Waals surface area contributed by atoms with Gasteiger partial charge >= 0.3 is 0 Å². The SMILES string of the molecule is CC[C@H]1CN2CC[C@H]1C[C@@H]2[C@H](O)c1ccnc2ccc(OCCC(C)C)cc12. The van der Waals surface area contributed by atoms with Crippen LogP contribution in [0, 0.1) is 17.8 Å². The number of benzene rings is 1. The fraction of sp³-hybridized carbons (Fsp3) is 0.625. The van der Waals surface area contributed by atoms with Crippen molar-refractivity contribution >= 4 is 10.9 Å². The molecule has 5 atom stereocenters. The fourth-order valence-corrected chi connectivity index (χ4v) is 5.08. The van der Waals surface area contributed by atoms with E-state index in [1.807, 2.05) is 24.4 Å². The molecule has 3 saturated heterocycles. The summed E-state index contributed by atoms with van der Waals surface area (Å²) in [7, 11) is 0. The predicted molar refractivity (Wildman–Crippen MR) is 114 cm³/mol. The van der Waals surface area contributed by atoms with E-state index in [9.17, 15) is 5.11 Å². The van der Waals surface area contributed by atoms with Gasteiger partial charge in [-0.25, -0.2) is 0 Å². The largest absolute Gasteiger partial charge is 0.494 e. The summed E-state index contributed by atoms with van der Waals surface area (Å²) in [5.74, 6) is 3.05. The molecule has 0 saturated carbocycles. The van der Waals surface area contributed by atoms with Gasteiger partial charge in [0.2, 0.25) is 0 Å². The van der Waals surface area contributed by atoms with Crippen LogP contribution in [0.25, 0.3) is 10.9 Å². The van der Waals surface area contributed by atoms with Gasteiger partial charge < -0.3 is 9.84 Å². The van der Waals surface area contributed by atoms with Crippen LogP contribution >= 0.6 is 0 Å². The molecule has 28 heavy (non-hydrogen) atoms. The highest BCUT2D eigenvalue weighted by molar-refractivity contribution is 5.84. The molecule has 5 rings (SSSR count). The molecule has 3 aliphatic heterocycles. The maximum Gasteiger partial charge on any atom is 0.120 e. The molecule has 0 radical (unpaired) electrons. The minimum absolute atomic E-state index is 0.220. The van der Waals surface area contributed by atoms with Crippen molar-refractivity contribution in [3.8, 4) is 5.75 Å². The van der Waals surface area contributed by atoms with Gasteiger partial charge in [-0.3, -0.25) is 9.88 Å². The number of aromatic nitrogens is 1. The van der Waals surface area contributed by atoms with Crippen LogP contribution < -0.4 is 4.74 Å². The van der Waals surface area contributed by atoms with Crippen molar-refractivity contribution in [2.75, 3.05) is 19.7 Å². The van der Waals surface area contributed by atoms with E-state index in [4.69, 9.17) is 4.74 Å². The normalized spacial score (nSPS) is 28.0. The van der Waals surface area contributed by atoms with Gasteiger partial charge in [0.25, 0.3) is 0 Å². The molecule has 3 fully saturated rings. The zero-order chi connectivity index (χ0) is 19.7. The minimum Gasteiger partial charge on any atom is -0.494 e. The summed E-state index contributed by atoms with van der Waals surface area (Å²) in [4.78, 5) is 7.03. The van der Waals surface area contributed by atoms with Crippen molar-refractivity contribution in [2.24, 2.45) is 17.8 Å². The number of pyridine rings is 1. The molecule has 152 valence electrons. The molecular weight excluding hydrogens is 348 g/mol. The zero-order valence-corrected chi connectivity index (χ0v) is 17.5. The number of aliphatic hydroxyl groups is 1. The summed E-state index contributed by atoms with van der Waals surface area (Å²) < 4.78 is 5.96. The van der Waals surface area contributed by atoms with Gasteiger partial charge in [-0.05, 0) is 73.4 Å². The van der Waals surface area contributed by atoms with E-state index in [1.54, 1.807) is 0 Å². The Balaban J connectivity index is 1.57. The monoisotopic (exact) mass is 382 g/mol. The van der Waals surface area contributed by atoms with Gasteiger partial charge in [0.1, 0.15) is 5.75 Å². The summed E-state index contributed by atoms with van der Waals surface area (Å²) in [5, 5.41) is 12.4. The van der Waals surface area contributed by atoms with Gasteiger partial charge in [-0.15, -0.1) is 0 Å². The maximum absolute atomic E-state index is 11.4. The molecule has 4 nitrogen and oxygen atoms in total. The maximum atomic E-state index is 11.4. The van der Waals surface area contributed by atoms with E-state index >= 15 is 0 Å². The second-order valence-electron chi connectivity index (χ2n) is 9.07. The van der Waals surface area contributed by atoms with Crippen LogP contribution in [0.4, 0.5) is 0 Å². The molecule has 1 N–H and O–H groups in total. The Hall–Kier alpha value is -1.65. The lowest BCUT2D eigenvalue weighted by Crippen LogP contribution is -2.55. The molecule has 0 aliphatic carbocycles. The first-order valence-electron chi connectivity index (χ1n) is 11.0. The van der Waals surface area contributed by atoms with E-state index in [1.165, 1.54) is 12.8 Å². The fourth-order valence-electron chi connectivity index (χ4n) is 5.08. The highest BCUT2D eigenvalue weighted by Crippen LogP contribution is 2.42. The van der Waals surface area contributed by atoms with E-state index < -0.39 is 6.10 Å². The van der Waals surface area contributed by atoms with Crippen molar-refractivity contribution in [1.29, 1.82) is 0 Å². The first kappa shape index (κ1) is 19.7. The van der Waals surface area contributed by atoms with Crippen LogP contribution in [0.3, 0.4) is 0 Å². The second-order valence-corrected chi connectivity index (χ2v) is 9.07. The summed E-state index contributed by atoms with van der Waals surface area (Å²) >= 11 is 0. The third-order valence-corrected chi connectivity index (χ3v) is 6.85. The van der Waals surface area contributed by atoms with Crippen molar-refractivity contribution in [3.63, 3.8) is 0 Å². The average molecular weight is 383 g/mol. The third-order valence-electron chi connectivity index (χ3n) is 6.85. The van der Waals surface area contributed by atoms with Crippen LogP contribution in [0.15, 0.2) is 30.5 Å². The van der Waals surface area contributed by atoms with Gasteiger partial charge in [-0.1, -0.05) is 27.2 Å². The number of aliphatic hydroxyl groups excluding tert-OH is 1. The third kappa shape index (κ3) is 3.90. The van der Waals surface area contributed by atoms with Crippen LogP contribution in [-0.2, 0) is 0 Å². The highest BCUT2D eigenvalue weighted by atomic mass is 16.5. The lowest BCUT2D eigenvalue weighted by atomic mass is 9.72. The van der Waals surface area contributed by atoms with E-state index in [-0.39, 0.29) is 6.04 Å². The number of fused-ring (bicyclic) bond motifs is 4. The van der Waals surface area contributed by atoms with E-state index in [0.29, 0.717) is 5.92 Å². The van der Waals surface area contributed by atoms with Crippen LogP contribution in [0.1, 0.15) is 58.1 Å². The lowest BCUT2D eigenvalue weighted by Gasteiger charge is -2.51. The van der Waals surface area contributed by atoms with Gasteiger partial charge in [0, 0.05) is 24.2 Å². The molecule has 2 bridgehead atoms. The van der Waals surface area contributed by atoms with E-state index in [2.05, 4.69) is 36.7 Å². The highest BCUT2D eigenvalue weighted by Gasteiger charge is 2.42. The molecule has 3 aliphatic rings. The Bertz CT molecular complexity index is 806. The summed E-state index contributed by atoms with van der Waals surface area (Å²) in [6, 6.07) is 8.27. The zero-order valence-electron chi connectivity index (χ0n) is 17.5. The molecule has 2 aromatic rings. The van der Waals surface area contributed by atoms with Gasteiger partial charge in [-0.2, -0.15) is 0 Å². The van der Waals surface area contributed by atoms with Crippen molar-refractivity contribution in [2.45, 2.75) is 58.6 Å². The molecule has 1 aromatic carbocycles.